The van der Waals surface area contributed by atoms with Crippen molar-refractivity contribution in [1.82, 2.24) is 15.1 Å². The number of carbonyl (C=O) groups is 2. The molecule has 1 aliphatic rings. The highest BCUT2D eigenvalue weighted by molar-refractivity contribution is 5.93. The topological polar surface area (TPSA) is 73.2 Å². The molecule has 0 aliphatic heterocycles. The van der Waals surface area contributed by atoms with Crippen LogP contribution in [0.3, 0.4) is 0 Å². The summed E-state index contributed by atoms with van der Waals surface area (Å²) in [6.45, 7) is 0.280. The molecule has 1 fully saturated rings. The van der Waals surface area contributed by atoms with Crippen LogP contribution in [0.5, 0.6) is 0 Å². The quantitative estimate of drug-likeness (QED) is 0.615. The summed E-state index contributed by atoms with van der Waals surface area (Å²) < 4.78 is 6.25. The Balaban J connectivity index is 1.80. The monoisotopic (exact) mass is 249 g/mol. The van der Waals surface area contributed by atoms with Crippen LogP contribution in [0.1, 0.15) is 29.2 Å². The van der Waals surface area contributed by atoms with Gasteiger partial charge in [-0.2, -0.15) is 5.10 Å². The van der Waals surface area contributed by atoms with Gasteiger partial charge in [0.2, 0.25) is 0 Å². The zero-order valence-corrected chi connectivity index (χ0v) is 10.1. The lowest BCUT2D eigenvalue weighted by molar-refractivity contribution is -0.134. The third kappa shape index (κ3) is 3.19. The molecule has 0 unspecified atom stereocenters. The van der Waals surface area contributed by atoms with Gasteiger partial charge in [0.15, 0.2) is 0 Å². The van der Waals surface area contributed by atoms with E-state index in [0.717, 1.165) is 12.8 Å². The largest absolute Gasteiger partial charge is 0.466 e. The van der Waals surface area contributed by atoms with Gasteiger partial charge >= 0.3 is 5.97 Å². The molecule has 6 heteroatoms. The summed E-state index contributed by atoms with van der Waals surface area (Å²) in [4.78, 5) is 22.5. The number of methoxy groups -OCH3 is 1. The van der Waals surface area contributed by atoms with Crippen LogP contribution in [-0.4, -0.2) is 35.3 Å². The molecule has 1 N–H and O–H groups in total. The molecule has 18 heavy (non-hydrogen) atoms. The lowest BCUT2D eigenvalue weighted by Crippen LogP contribution is -2.23. The van der Waals surface area contributed by atoms with Gasteiger partial charge in [-0.25, -0.2) is 4.79 Å². The number of esters is 1. The lowest BCUT2D eigenvalue weighted by atomic mass is 10.3. The third-order valence-corrected chi connectivity index (χ3v) is 2.62. The molecule has 6 nitrogen and oxygen atoms in total. The first-order valence-corrected chi connectivity index (χ1v) is 5.77. The SMILES string of the molecule is COC(=O)/C=C/CNC(=O)c1cnn(C2CC2)c1. The molecular weight excluding hydrogens is 234 g/mol. The maximum absolute atomic E-state index is 11.7. The van der Waals surface area contributed by atoms with Crippen LogP contribution < -0.4 is 5.32 Å². The van der Waals surface area contributed by atoms with Gasteiger partial charge in [0.25, 0.3) is 5.91 Å². The summed E-state index contributed by atoms with van der Waals surface area (Å²) in [6, 6.07) is 0.464. The summed E-state index contributed by atoms with van der Waals surface area (Å²) in [6.07, 6.45) is 8.37. The highest BCUT2D eigenvalue weighted by Gasteiger charge is 2.24. The second kappa shape index (κ2) is 5.48. The molecule has 1 saturated carbocycles. The maximum Gasteiger partial charge on any atom is 0.330 e. The van der Waals surface area contributed by atoms with Crippen LogP contribution in [0.4, 0.5) is 0 Å². The predicted octanol–water partition coefficient (Wildman–Crippen LogP) is 0.677. The van der Waals surface area contributed by atoms with Crippen molar-refractivity contribution in [3.8, 4) is 0 Å². The molecule has 0 spiro atoms. The van der Waals surface area contributed by atoms with Crippen LogP contribution in [0.25, 0.3) is 0 Å². The molecule has 1 aliphatic carbocycles. The Morgan fingerprint density at radius 2 is 2.39 bits per heavy atom. The van der Waals surface area contributed by atoms with E-state index < -0.39 is 5.97 Å². The van der Waals surface area contributed by atoms with Crippen molar-refractivity contribution in [1.29, 1.82) is 0 Å². The fraction of sp³-hybridized carbons (Fsp3) is 0.417. The number of carbonyl (C=O) groups excluding carboxylic acids is 2. The predicted molar refractivity (Wildman–Crippen MR) is 64.0 cm³/mol. The van der Waals surface area contributed by atoms with Crippen molar-refractivity contribution in [2.45, 2.75) is 18.9 Å². The van der Waals surface area contributed by atoms with E-state index in [1.54, 1.807) is 12.4 Å². The standard InChI is InChI=1S/C12H15N3O3/c1-18-11(16)3-2-6-13-12(17)9-7-14-15(8-9)10-4-5-10/h2-3,7-8,10H,4-6H2,1H3,(H,13,17)/b3-2+. The zero-order chi connectivity index (χ0) is 13.0. The number of hydrogen-bond donors (Lipinski definition) is 1. The van der Waals surface area contributed by atoms with E-state index in [2.05, 4.69) is 15.2 Å². The lowest BCUT2D eigenvalue weighted by Gasteiger charge is -1.98. The van der Waals surface area contributed by atoms with Gasteiger partial charge in [0.1, 0.15) is 0 Å². The normalized spacial score (nSPS) is 14.7. The van der Waals surface area contributed by atoms with Gasteiger partial charge in [0, 0.05) is 18.8 Å². The summed E-state index contributed by atoms with van der Waals surface area (Å²) in [7, 11) is 1.30. The minimum Gasteiger partial charge on any atom is -0.466 e. The van der Waals surface area contributed by atoms with Gasteiger partial charge < -0.3 is 10.1 Å². The molecule has 1 aromatic heterocycles. The van der Waals surface area contributed by atoms with Crippen molar-refractivity contribution >= 4 is 11.9 Å². The fourth-order valence-electron chi connectivity index (χ4n) is 1.47. The van der Waals surface area contributed by atoms with Crippen molar-refractivity contribution in [3.63, 3.8) is 0 Å². The van der Waals surface area contributed by atoms with E-state index in [1.807, 2.05) is 4.68 Å². The molecule has 1 aromatic rings. The number of hydrogen-bond acceptors (Lipinski definition) is 4. The summed E-state index contributed by atoms with van der Waals surface area (Å²) >= 11 is 0. The van der Waals surface area contributed by atoms with Crippen molar-refractivity contribution in [3.05, 3.63) is 30.1 Å². The van der Waals surface area contributed by atoms with Gasteiger partial charge in [-0.05, 0) is 12.8 Å². The fourth-order valence-corrected chi connectivity index (χ4v) is 1.47. The van der Waals surface area contributed by atoms with Crippen LogP contribution in [0.15, 0.2) is 24.5 Å². The van der Waals surface area contributed by atoms with Gasteiger partial charge in [-0.3, -0.25) is 9.48 Å². The Hall–Kier alpha value is -2.11. The Morgan fingerprint density at radius 3 is 3.06 bits per heavy atom. The first-order valence-electron chi connectivity index (χ1n) is 5.77. The van der Waals surface area contributed by atoms with E-state index in [9.17, 15) is 9.59 Å². The van der Waals surface area contributed by atoms with E-state index in [4.69, 9.17) is 0 Å². The van der Waals surface area contributed by atoms with E-state index >= 15 is 0 Å². The molecular formula is C12H15N3O3. The van der Waals surface area contributed by atoms with Crippen molar-refractivity contribution in [2.24, 2.45) is 0 Å². The number of nitrogens with one attached hydrogen (secondary N) is 1. The van der Waals surface area contributed by atoms with Gasteiger partial charge in [-0.15, -0.1) is 0 Å². The summed E-state index contributed by atoms with van der Waals surface area (Å²) in [5.41, 5.74) is 0.536. The molecule has 1 heterocycles. The van der Waals surface area contributed by atoms with E-state index in [-0.39, 0.29) is 12.5 Å². The summed E-state index contributed by atoms with van der Waals surface area (Å²) in [5, 5.41) is 6.80. The second-order valence-electron chi connectivity index (χ2n) is 4.08. The zero-order valence-electron chi connectivity index (χ0n) is 10.1. The maximum atomic E-state index is 11.7. The average molecular weight is 249 g/mol. The Bertz CT molecular complexity index is 475. The molecule has 0 bridgehead atoms. The van der Waals surface area contributed by atoms with Gasteiger partial charge in [-0.1, -0.05) is 6.08 Å². The highest BCUT2D eigenvalue weighted by Crippen LogP contribution is 2.33. The molecule has 0 atom stereocenters. The first-order chi connectivity index (χ1) is 8.70. The summed E-state index contributed by atoms with van der Waals surface area (Å²) in [5.74, 6) is -0.637. The van der Waals surface area contributed by atoms with Gasteiger partial charge in [0.05, 0.1) is 24.9 Å². The number of aromatic nitrogens is 2. The molecule has 96 valence electrons. The van der Waals surface area contributed by atoms with E-state index in [1.165, 1.54) is 19.3 Å². The highest BCUT2D eigenvalue weighted by atomic mass is 16.5. The number of ether oxygens (including phenoxy) is 1. The van der Waals surface area contributed by atoms with Crippen LogP contribution >= 0.6 is 0 Å². The van der Waals surface area contributed by atoms with Crippen molar-refractivity contribution in [2.75, 3.05) is 13.7 Å². The molecule has 1 amide bonds. The molecule has 0 radical (unpaired) electrons. The van der Waals surface area contributed by atoms with Crippen LogP contribution in [0, 0.1) is 0 Å². The first kappa shape index (κ1) is 12.3. The second-order valence-corrected chi connectivity index (χ2v) is 4.08. The Kier molecular flexibility index (Phi) is 3.76. The number of nitrogens with zero attached hydrogens (tertiary/aromatic N) is 2. The molecule has 0 aromatic carbocycles. The smallest absolute Gasteiger partial charge is 0.330 e. The van der Waals surface area contributed by atoms with Crippen molar-refractivity contribution < 1.29 is 14.3 Å². The van der Waals surface area contributed by atoms with Crippen LogP contribution in [0.2, 0.25) is 0 Å². The molecule has 2 rings (SSSR count). The van der Waals surface area contributed by atoms with Crippen LogP contribution in [-0.2, 0) is 9.53 Å². The molecule has 0 saturated heterocycles. The minimum atomic E-state index is -0.439. The van der Waals surface area contributed by atoms with E-state index in [0.29, 0.717) is 11.6 Å². The Labute approximate surface area is 105 Å². The Morgan fingerprint density at radius 1 is 1.61 bits per heavy atom. The third-order valence-electron chi connectivity index (χ3n) is 2.62. The number of amides is 1. The minimum absolute atomic E-state index is 0.198. The average Bonchev–Trinajstić information content (AvgIpc) is 3.11. The number of rotatable bonds is 5.